The molecule has 1 unspecified atom stereocenters. The van der Waals surface area contributed by atoms with Crippen LogP contribution in [0.5, 0.6) is 0 Å². The molecule has 1 aromatic carbocycles. The summed E-state index contributed by atoms with van der Waals surface area (Å²) in [5, 5.41) is 4.33. The number of benzene rings is 1. The average molecular weight is 307 g/mol. The SMILES string of the molecule is CCNC(C)c1sc(N(C)Cc2ccccc2F)nc1C. The number of hydrogen-bond acceptors (Lipinski definition) is 4. The second-order valence-electron chi connectivity index (χ2n) is 5.17. The molecule has 1 atom stereocenters. The van der Waals surface area contributed by atoms with E-state index in [9.17, 15) is 4.39 Å². The lowest BCUT2D eigenvalue weighted by Gasteiger charge is -2.16. The molecule has 5 heteroatoms. The minimum absolute atomic E-state index is 0.168. The van der Waals surface area contributed by atoms with Gasteiger partial charge in [-0.05, 0) is 26.5 Å². The third-order valence-corrected chi connectivity index (χ3v) is 4.87. The molecule has 0 amide bonds. The summed E-state index contributed by atoms with van der Waals surface area (Å²) < 4.78 is 13.7. The van der Waals surface area contributed by atoms with Crippen molar-refractivity contribution >= 4 is 16.5 Å². The molecule has 3 nitrogen and oxygen atoms in total. The van der Waals surface area contributed by atoms with Gasteiger partial charge >= 0.3 is 0 Å². The molecule has 0 saturated carbocycles. The van der Waals surface area contributed by atoms with Crippen LogP contribution in [0.25, 0.3) is 0 Å². The molecule has 114 valence electrons. The van der Waals surface area contributed by atoms with Gasteiger partial charge in [0, 0.05) is 30.1 Å². The topological polar surface area (TPSA) is 28.2 Å². The predicted octanol–water partition coefficient (Wildman–Crippen LogP) is 3.90. The van der Waals surface area contributed by atoms with Crippen molar-refractivity contribution in [3.05, 3.63) is 46.2 Å². The summed E-state index contributed by atoms with van der Waals surface area (Å²) in [6.45, 7) is 7.72. The third-order valence-electron chi connectivity index (χ3n) is 3.42. The van der Waals surface area contributed by atoms with Crippen molar-refractivity contribution in [1.82, 2.24) is 10.3 Å². The highest BCUT2D eigenvalue weighted by Crippen LogP contribution is 2.30. The molecule has 0 aliphatic rings. The Morgan fingerprint density at radius 3 is 2.76 bits per heavy atom. The Hall–Kier alpha value is -1.46. The zero-order valence-electron chi connectivity index (χ0n) is 13.0. The van der Waals surface area contributed by atoms with Crippen LogP contribution in [0.2, 0.25) is 0 Å². The number of thiazole rings is 1. The van der Waals surface area contributed by atoms with Gasteiger partial charge in [-0.1, -0.05) is 25.1 Å². The van der Waals surface area contributed by atoms with Gasteiger partial charge < -0.3 is 10.2 Å². The lowest BCUT2D eigenvalue weighted by Crippen LogP contribution is -2.17. The van der Waals surface area contributed by atoms with Crippen molar-refractivity contribution in [1.29, 1.82) is 0 Å². The van der Waals surface area contributed by atoms with E-state index < -0.39 is 0 Å². The number of rotatable bonds is 6. The fourth-order valence-corrected chi connectivity index (χ4v) is 3.36. The molecule has 1 N–H and O–H groups in total. The summed E-state index contributed by atoms with van der Waals surface area (Å²) in [7, 11) is 1.95. The van der Waals surface area contributed by atoms with Crippen molar-refractivity contribution in [2.75, 3.05) is 18.5 Å². The summed E-state index contributed by atoms with van der Waals surface area (Å²) in [5.74, 6) is -0.168. The Morgan fingerprint density at radius 2 is 2.10 bits per heavy atom. The van der Waals surface area contributed by atoms with Crippen LogP contribution in [0, 0.1) is 12.7 Å². The maximum Gasteiger partial charge on any atom is 0.185 e. The van der Waals surface area contributed by atoms with Crippen LogP contribution < -0.4 is 10.2 Å². The minimum atomic E-state index is -0.168. The molecule has 0 saturated heterocycles. The van der Waals surface area contributed by atoms with Crippen LogP contribution in [0.3, 0.4) is 0 Å². The zero-order chi connectivity index (χ0) is 15.4. The summed E-state index contributed by atoms with van der Waals surface area (Å²) in [6.07, 6.45) is 0. The van der Waals surface area contributed by atoms with Gasteiger partial charge in [-0.15, -0.1) is 11.3 Å². The molecule has 0 aliphatic heterocycles. The molecule has 1 aromatic heterocycles. The van der Waals surface area contributed by atoms with E-state index in [1.807, 2.05) is 31.0 Å². The molecule has 0 fully saturated rings. The fraction of sp³-hybridized carbons (Fsp3) is 0.438. The second-order valence-corrected chi connectivity index (χ2v) is 6.18. The van der Waals surface area contributed by atoms with E-state index in [4.69, 9.17) is 0 Å². The zero-order valence-corrected chi connectivity index (χ0v) is 13.8. The smallest absolute Gasteiger partial charge is 0.185 e. The summed E-state index contributed by atoms with van der Waals surface area (Å²) in [5.41, 5.74) is 1.73. The van der Waals surface area contributed by atoms with Gasteiger partial charge in [0.2, 0.25) is 0 Å². The predicted molar refractivity (Wildman–Crippen MR) is 87.4 cm³/mol. The monoisotopic (exact) mass is 307 g/mol. The van der Waals surface area contributed by atoms with Gasteiger partial charge in [0.05, 0.1) is 5.69 Å². The summed E-state index contributed by atoms with van der Waals surface area (Å²) in [6, 6.07) is 7.17. The first-order valence-corrected chi connectivity index (χ1v) is 7.99. The Labute approximate surface area is 129 Å². The van der Waals surface area contributed by atoms with Gasteiger partial charge in [-0.2, -0.15) is 0 Å². The van der Waals surface area contributed by atoms with Crippen molar-refractivity contribution in [2.45, 2.75) is 33.4 Å². The lowest BCUT2D eigenvalue weighted by molar-refractivity contribution is 0.603. The number of aryl methyl sites for hydroxylation is 1. The van der Waals surface area contributed by atoms with Gasteiger partial charge in [0.25, 0.3) is 0 Å². The minimum Gasteiger partial charge on any atom is -0.347 e. The van der Waals surface area contributed by atoms with Crippen molar-refractivity contribution in [2.24, 2.45) is 0 Å². The van der Waals surface area contributed by atoms with Crippen LogP contribution >= 0.6 is 11.3 Å². The molecule has 0 bridgehead atoms. The standard InChI is InChI=1S/C16H22FN3S/c1-5-18-11(2)15-12(3)19-16(21-15)20(4)10-13-8-6-7-9-14(13)17/h6-9,11,18H,5,10H2,1-4H3. The number of nitrogens with zero attached hydrogens (tertiary/aromatic N) is 2. The van der Waals surface area contributed by atoms with Gasteiger partial charge in [-0.3, -0.25) is 0 Å². The van der Waals surface area contributed by atoms with Crippen molar-refractivity contribution < 1.29 is 4.39 Å². The van der Waals surface area contributed by atoms with E-state index in [2.05, 4.69) is 24.1 Å². The highest BCUT2D eigenvalue weighted by Gasteiger charge is 2.16. The Balaban J connectivity index is 2.15. The Bertz CT molecular complexity index is 597. The number of halogens is 1. The summed E-state index contributed by atoms with van der Waals surface area (Å²) in [4.78, 5) is 7.86. The average Bonchev–Trinajstić information content (AvgIpc) is 2.84. The maximum atomic E-state index is 13.7. The summed E-state index contributed by atoms with van der Waals surface area (Å²) >= 11 is 1.67. The molecule has 0 aliphatic carbocycles. The van der Waals surface area contributed by atoms with Gasteiger partial charge in [0.1, 0.15) is 5.82 Å². The number of anilines is 1. The fourth-order valence-electron chi connectivity index (χ4n) is 2.31. The van der Waals surface area contributed by atoms with Crippen LogP contribution in [0.1, 0.15) is 36.0 Å². The molecule has 2 rings (SSSR count). The van der Waals surface area contributed by atoms with E-state index in [0.29, 0.717) is 18.2 Å². The molecular formula is C16H22FN3S. The first-order chi connectivity index (χ1) is 10.0. The highest BCUT2D eigenvalue weighted by atomic mass is 32.1. The number of aromatic nitrogens is 1. The molecular weight excluding hydrogens is 285 g/mol. The maximum absolute atomic E-state index is 13.7. The van der Waals surface area contributed by atoms with Crippen molar-refractivity contribution in [3.63, 3.8) is 0 Å². The molecule has 0 spiro atoms. The lowest BCUT2D eigenvalue weighted by atomic mass is 10.2. The van der Waals surface area contributed by atoms with Crippen LogP contribution in [0.15, 0.2) is 24.3 Å². The van der Waals surface area contributed by atoms with Crippen LogP contribution in [0.4, 0.5) is 9.52 Å². The molecule has 1 heterocycles. The third kappa shape index (κ3) is 3.80. The Morgan fingerprint density at radius 1 is 1.38 bits per heavy atom. The van der Waals surface area contributed by atoms with Gasteiger partial charge in [0.15, 0.2) is 5.13 Å². The quantitative estimate of drug-likeness (QED) is 0.877. The van der Waals surface area contributed by atoms with E-state index in [0.717, 1.165) is 17.4 Å². The normalized spacial score (nSPS) is 12.4. The van der Waals surface area contributed by atoms with E-state index in [1.165, 1.54) is 10.9 Å². The van der Waals surface area contributed by atoms with E-state index in [-0.39, 0.29) is 5.82 Å². The molecule has 2 aromatic rings. The first kappa shape index (κ1) is 15.9. The van der Waals surface area contributed by atoms with E-state index >= 15 is 0 Å². The van der Waals surface area contributed by atoms with E-state index in [1.54, 1.807) is 17.4 Å². The second kappa shape index (κ2) is 7.00. The number of nitrogens with one attached hydrogen (secondary N) is 1. The van der Waals surface area contributed by atoms with Crippen molar-refractivity contribution in [3.8, 4) is 0 Å². The largest absolute Gasteiger partial charge is 0.347 e. The Kier molecular flexibility index (Phi) is 5.31. The molecule has 0 radical (unpaired) electrons. The first-order valence-electron chi connectivity index (χ1n) is 7.18. The molecule has 21 heavy (non-hydrogen) atoms. The van der Waals surface area contributed by atoms with Gasteiger partial charge in [-0.25, -0.2) is 9.37 Å². The highest BCUT2D eigenvalue weighted by molar-refractivity contribution is 7.15. The van der Waals surface area contributed by atoms with Crippen LogP contribution in [-0.4, -0.2) is 18.6 Å². The number of hydrogen-bond donors (Lipinski definition) is 1. The van der Waals surface area contributed by atoms with Crippen LogP contribution in [-0.2, 0) is 6.54 Å².